The molecule has 0 amide bonds. The molecule has 1 fully saturated rings. The molecule has 1 aliphatic rings. The van der Waals surface area contributed by atoms with Crippen molar-refractivity contribution < 1.29 is 39.1 Å². The molecule has 0 bridgehead atoms. The second-order valence-corrected chi connectivity index (χ2v) is 7.75. The summed E-state index contributed by atoms with van der Waals surface area (Å²) in [5.41, 5.74) is 0. The molecule has 0 saturated heterocycles. The second kappa shape index (κ2) is 13.1. The van der Waals surface area contributed by atoms with Crippen LogP contribution < -0.4 is 0 Å². The van der Waals surface area contributed by atoms with E-state index in [4.69, 9.17) is 14.2 Å². The molecule has 0 aromatic carbocycles. The highest BCUT2D eigenvalue weighted by molar-refractivity contribution is 5.82. The van der Waals surface area contributed by atoms with Gasteiger partial charge in [0.25, 0.3) is 0 Å². The molecule has 0 aromatic heterocycles. The summed E-state index contributed by atoms with van der Waals surface area (Å²) < 4.78 is 15.1. The predicted octanol–water partition coefficient (Wildman–Crippen LogP) is 1.39. The average molecular weight is 405 g/mol. The summed E-state index contributed by atoms with van der Waals surface area (Å²) in [7, 11) is 1.30. The number of aliphatic hydroxyl groups is 3. The smallest absolute Gasteiger partial charge is 0.309 e. The van der Waals surface area contributed by atoms with Crippen molar-refractivity contribution >= 4 is 11.9 Å². The Morgan fingerprint density at radius 2 is 1.68 bits per heavy atom. The molecular formula is C20H36O8. The number of hydrogen-bond donors (Lipinski definition) is 3. The number of esters is 2. The van der Waals surface area contributed by atoms with Gasteiger partial charge in [0.05, 0.1) is 31.7 Å². The average Bonchev–Trinajstić information content (AvgIpc) is 2.68. The first-order valence-electron chi connectivity index (χ1n) is 10.2. The Hall–Kier alpha value is -1.22. The summed E-state index contributed by atoms with van der Waals surface area (Å²) in [6.07, 6.45) is 1.51. The zero-order valence-electron chi connectivity index (χ0n) is 17.2. The predicted molar refractivity (Wildman–Crippen MR) is 101 cm³/mol. The Labute approximate surface area is 167 Å². The van der Waals surface area contributed by atoms with Crippen LogP contribution in [0.4, 0.5) is 0 Å². The number of rotatable bonds is 12. The number of aliphatic hydroxyl groups excluding tert-OH is 3. The number of carbonyl (C=O) groups is 2. The van der Waals surface area contributed by atoms with Gasteiger partial charge in [-0.25, -0.2) is 0 Å². The van der Waals surface area contributed by atoms with Crippen molar-refractivity contribution in [3.05, 3.63) is 0 Å². The lowest BCUT2D eigenvalue weighted by molar-refractivity contribution is -0.167. The summed E-state index contributed by atoms with van der Waals surface area (Å²) in [6, 6.07) is 0. The van der Waals surface area contributed by atoms with Crippen molar-refractivity contribution in [2.24, 2.45) is 17.8 Å². The SMILES string of the molecule is CCCC(O)CCC(O)OCC(O)COC(=O)C1CC(C)CCC1C(=O)OC. The number of methoxy groups -OCH3 is 1. The Bertz CT molecular complexity index is 469. The third kappa shape index (κ3) is 8.86. The molecule has 3 N–H and O–H groups in total. The summed E-state index contributed by atoms with van der Waals surface area (Å²) in [6.45, 7) is 3.52. The lowest BCUT2D eigenvalue weighted by Gasteiger charge is -2.31. The van der Waals surface area contributed by atoms with Gasteiger partial charge in [0.1, 0.15) is 12.7 Å². The van der Waals surface area contributed by atoms with Crippen LogP contribution in [0.5, 0.6) is 0 Å². The van der Waals surface area contributed by atoms with Gasteiger partial charge < -0.3 is 29.5 Å². The van der Waals surface area contributed by atoms with Crippen molar-refractivity contribution in [2.45, 2.75) is 77.3 Å². The monoisotopic (exact) mass is 404 g/mol. The van der Waals surface area contributed by atoms with Crippen LogP contribution >= 0.6 is 0 Å². The van der Waals surface area contributed by atoms with Crippen LogP contribution in [0.2, 0.25) is 0 Å². The molecule has 0 aliphatic heterocycles. The van der Waals surface area contributed by atoms with Crippen LogP contribution in [-0.4, -0.2) is 66.1 Å². The third-order valence-corrected chi connectivity index (χ3v) is 5.19. The molecule has 1 saturated carbocycles. The highest BCUT2D eigenvalue weighted by Crippen LogP contribution is 2.35. The Kier molecular flexibility index (Phi) is 11.6. The Morgan fingerprint density at radius 3 is 2.32 bits per heavy atom. The molecule has 0 radical (unpaired) electrons. The van der Waals surface area contributed by atoms with Crippen LogP contribution in [0, 0.1) is 17.8 Å². The van der Waals surface area contributed by atoms with Gasteiger partial charge in [-0.05, 0) is 38.0 Å². The minimum Gasteiger partial charge on any atom is -0.469 e. The minimum atomic E-state index is -1.10. The molecule has 0 heterocycles. The molecule has 8 heteroatoms. The van der Waals surface area contributed by atoms with Crippen molar-refractivity contribution in [3.63, 3.8) is 0 Å². The van der Waals surface area contributed by atoms with Crippen LogP contribution in [0.3, 0.4) is 0 Å². The molecule has 0 spiro atoms. The van der Waals surface area contributed by atoms with Gasteiger partial charge >= 0.3 is 11.9 Å². The minimum absolute atomic E-state index is 0.195. The molecule has 164 valence electrons. The Morgan fingerprint density at radius 1 is 0.964 bits per heavy atom. The van der Waals surface area contributed by atoms with Gasteiger partial charge in [-0.3, -0.25) is 9.59 Å². The Balaban J connectivity index is 2.35. The fourth-order valence-corrected chi connectivity index (χ4v) is 3.53. The van der Waals surface area contributed by atoms with Crippen molar-refractivity contribution in [1.82, 2.24) is 0 Å². The van der Waals surface area contributed by atoms with E-state index in [2.05, 4.69) is 0 Å². The highest BCUT2D eigenvalue weighted by Gasteiger charge is 2.39. The summed E-state index contributed by atoms with van der Waals surface area (Å²) in [4.78, 5) is 24.3. The standard InChI is InChI=1S/C20H36O8/c1-4-5-14(21)7-9-18(23)27-11-15(22)12-28-20(25)17-10-13(2)6-8-16(17)19(24)26-3/h13-18,21-23H,4-12H2,1-3H3. The zero-order chi connectivity index (χ0) is 21.1. The second-order valence-electron chi connectivity index (χ2n) is 7.75. The summed E-state index contributed by atoms with van der Waals surface area (Å²) in [5.74, 6) is -1.71. The van der Waals surface area contributed by atoms with E-state index in [1.165, 1.54) is 7.11 Å². The van der Waals surface area contributed by atoms with Crippen molar-refractivity contribution in [1.29, 1.82) is 0 Å². The van der Waals surface area contributed by atoms with Gasteiger partial charge in [-0.1, -0.05) is 20.3 Å². The molecule has 6 unspecified atom stereocenters. The van der Waals surface area contributed by atoms with Crippen molar-refractivity contribution in [2.75, 3.05) is 20.3 Å². The maximum atomic E-state index is 12.4. The fourth-order valence-electron chi connectivity index (χ4n) is 3.53. The zero-order valence-corrected chi connectivity index (χ0v) is 17.2. The summed E-state index contributed by atoms with van der Waals surface area (Å²) >= 11 is 0. The van der Waals surface area contributed by atoms with E-state index >= 15 is 0 Å². The first kappa shape index (κ1) is 24.8. The van der Waals surface area contributed by atoms with E-state index < -0.39 is 42.3 Å². The third-order valence-electron chi connectivity index (χ3n) is 5.19. The molecule has 28 heavy (non-hydrogen) atoms. The topological polar surface area (TPSA) is 123 Å². The van der Waals surface area contributed by atoms with E-state index in [0.717, 1.165) is 12.8 Å². The van der Waals surface area contributed by atoms with E-state index in [1.807, 2.05) is 13.8 Å². The van der Waals surface area contributed by atoms with E-state index in [9.17, 15) is 24.9 Å². The molecule has 1 rings (SSSR count). The van der Waals surface area contributed by atoms with E-state index in [0.29, 0.717) is 31.6 Å². The van der Waals surface area contributed by atoms with Crippen LogP contribution in [0.25, 0.3) is 0 Å². The van der Waals surface area contributed by atoms with E-state index in [-0.39, 0.29) is 19.6 Å². The van der Waals surface area contributed by atoms with Crippen LogP contribution in [0.15, 0.2) is 0 Å². The first-order valence-corrected chi connectivity index (χ1v) is 10.2. The number of hydrogen-bond acceptors (Lipinski definition) is 8. The number of carbonyl (C=O) groups excluding carboxylic acids is 2. The molecule has 6 atom stereocenters. The van der Waals surface area contributed by atoms with Gasteiger partial charge in [-0.15, -0.1) is 0 Å². The fraction of sp³-hybridized carbons (Fsp3) is 0.900. The van der Waals surface area contributed by atoms with E-state index in [1.54, 1.807) is 0 Å². The maximum absolute atomic E-state index is 12.4. The normalized spacial score (nSPS) is 25.6. The lowest BCUT2D eigenvalue weighted by Crippen LogP contribution is -2.38. The molecular weight excluding hydrogens is 368 g/mol. The first-order chi connectivity index (χ1) is 13.3. The van der Waals surface area contributed by atoms with Crippen molar-refractivity contribution in [3.8, 4) is 0 Å². The lowest BCUT2D eigenvalue weighted by atomic mass is 9.74. The quantitative estimate of drug-likeness (QED) is 0.329. The molecule has 0 aromatic rings. The maximum Gasteiger partial charge on any atom is 0.309 e. The van der Waals surface area contributed by atoms with Gasteiger partial charge in [0.2, 0.25) is 0 Å². The van der Waals surface area contributed by atoms with Gasteiger partial charge in [0, 0.05) is 6.42 Å². The molecule has 1 aliphatic carbocycles. The van der Waals surface area contributed by atoms with Gasteiger partial charge in [-0.2, -0.15) is 0 Å². The molecule has 8 nitrogen and oxygen atoms in total. The van der Waals surface area contributed by atoms with Gasteiger partial charge in [0.15, 0.2) is 6.29 Å². The van der Waals surface area contributed by atoms with Crippen LogP contribution in [0.1, 0.15) is 58.8 Å². The highest BCUT2D eigenvalue weighted by atomic mass is 16.6. The largest absolute Gasteiger partial charge is 0.469 e. The van der Waals surface area contributed by atoms with Crippen LogP contribution in [-0.2, 0) is 23.8 Å². The summed E-state index contributed by atoms with van der Waals surface area (Å²) in [5, 5.41) is 29.3. The number of ether oxygens (including phenoxy) is 3.